The predicted octanol–water partition coefficient (Wildman–Crippen LogP) is 0.301. The van der Waals surface area contributed by atoms with Crippen molar-refractivity contribution < 1.29 is 4.79 Å². The van der Waals surface area contributed by atoms with Gasteiger partial charge >= 0.3 is 0 Å². The van der Waals surface area contributed by atoms with E-state index in [-0.39, 0.29) is 11.5 Å². The van der Waals surface area contributed by atoms with E-state index in [9.17, 15) is 9.59 Å². The van der Waals surface area contributed by atoms with E-state index in [0.717, 1.165) is 0 Å². The predicted molar refractivity (Wildman–Crippen MR) is 52.2 cm³/mol. The molecular formula is C9H13N3O2. The maximum absolute atomic E-state index is 11.4. The van der Waals surface area contributed by atoms with E-state index >= 15 is 0 Å². The lowest BCUT2D eigenvalue weighted by Gasteiger charge is -2.06. The first-order valence-corrected chi connectivity index (χ1v) is 4.34. The molecule has 0 radical (unpaired) electrons. The topological polar surface area (TPSA) is 88.8 Å². The molecule has 76 valence electrons. The van der Waals surface area contributed by atoms with Gasteiger partial charge in [0.1, 0.15) is 11.4 Å². The Morgan fingerprint density at radius 3 is 2.43 bits per heavy atom. The highest BCUT2D eigenvalue weighted by atomic mass is 16.2. The number of primary amides is 1. The van der Waals surface area contributed by atoms with Gasteiger partial charge in [-0.05, 0) is 6.92 Å². The summed E-state index contributed by atoms with van der Waals surface area (Å²) in [5, 5.41) is 0. The summed E-state index contributed by atoms with van der Waals surface area (Å²) in [5.41, 5.74) is 4.90. The van der Waals surface area contributed by atoms with Crippen molar-refractivity contribution in [2.24, 2.45) is 5.73 Å². The smallest absolute Gasteiger partial charge is 0.264 e. The highest BCUT2D eigenvalue weighted by molar-refractivity contribution is 5.93. The molecule has 0 saturated carbocycles. The molecule has 0 spiro atoms. The molecule has 0 aliphatic carbocycles. The molecule has 1 aromatic rings. The van der Waals surface area contributed by atoms with Gasteiger partial charge in [0.15, 0.2) is 0 Å². The number of rotatable bonds is 2. The van der Waals surface area contributed by atoms with E-state index in [1.807, 2.05) is 13.8 Å². The first-order valence-electron chi connectivity index (χ1n) is 4.34. The number of aryl methyl sites for hydroxylation is 1. The van der Waals surface area contributed by atoms with Crippen LogP contribution in [0.15, 0.2) is 4.79 Å². The Labute approximate surface area is 81.4 Å². The van der Waals surface area contributed by atoms with Gasteiger partial charge in [-0.1, -0.05) is 13.8 Å². The fourth-order valence-electron chi connectivity index (χ4n) is 1.17. The van der Waals surface area contributed by atoms with Crippen molar-refractivity contribution in [1.82, 2.24) is 9.97 Å². The minimum atomic E-state index is -0.744. The van der Waals surface area contributed by atoms with E-state index in [1.54, 1.807) is 6.92 Å². The zero-order valence-electron chi connectivity index (χ0n) is 8.42. The Morgan fingerprint density at radius 1 is 1.50 bits per heavy atom. The van der Waals surface area contributed by atoms with Gasteiger partial charge in [-0.15, -0.1) is 0 Å². The van der Waals surface area contributed by atoms with E-state index in [0.29, 0.717) is 11.5 Å². The summed E-state index contributed by atoms with van der Waals surface area (Å²) in [5.74, 6) is -0.0626. The Hall–Kier alpha value is -1.65. The molecule has 0 atom stereocenters. The van der Waals surface area contributed by atoms with Crippen LogP contribution in [0.2, 0.25) is 0 Å². The van der Waals surface area contributed by atoms with Crippen LogP contribution in [-0.2, 0) is 0 Å². The molecule has 0 bridgehead atoms. The first-order chi connectivity index (χ1) is 6.43. The van der Waals surface area contributed by atoms with Gasteiger partial charge in [-0.25, -0.2) is 4.98 Å². The van der Waals surface area contributed by atoms with Crippen LogP contribution in [0.3, 0.4) is 0 Å². The Balaban J connectivity index is 3.40. The highest BCUT2D eigenvalue weighted by Crippen LogP contribution is 2.08. The van der Waals surface area contributed by atoms with Gasteiger partial charge in [-0.2, -0.15) is 0 Å². The number of carbonyl (C=O) groups excluding carboxylic acids is 1. The lowest BCUT2D eigenvalue weighted by molar-refractivity contribution is 0.0997. The summed E-state index contributed by atoms with van der Waals surface area (Å²) in [4.78, 5) is 28.9. The van der Waals surface area contributed by atoms with Crippen molar-refractivity contribution in [3.05, 3.63) is 27.4 Å². The lowest BCUT2D eigenvalue weighted by atomic mass is 10.1. The van der Waals surface area contributed by atoms with Crippen LogP contribution in [0.5, 0.6) is 0 Å². The molecule has 3 N–H and O–H groups in total. The minimum absolute atomic E-state index is 0.0607. The number of carbonyl (C=O) groups is 1. The molecule has 5 heteroatoms. The Bertz CT molecular complexity index is 421. The second kappa shape index (κ2) is 3.61. The van der Waals surface area contributed by atoms with Crippen molar-refractivity contribution >= 4 is 5.91 Å². The van der Waals surface area contributed by atoms with E-state index in [4.69, 9.17) is 5.73 Å². The monoisotopic (exact) mass is 195 g/mol. The van der Waals surface area contributed by atoms with Gasteiger partial charge in [0.25, 0.3) is 11.5 Å². The molecule has 0 unspecified atom stereocenters. The average Bonchev–Trinajstić information content (AvgIpc) is 2.01. The van der Waals surface area contributed by atoms with Crippen molar-refractivity contribution in [2.75, 3.05) is 0 Å². The molecule has 0 aromatic carbocycles. The van der Waals surface area contributed by atoms with Gasteiger partial charge in [-0.3, -0.25) is 9.59 Å². The largest absolute Gasteiger partial charge is 0.365 e. The number of nitrogens with zero attached hydrogens (tertiary/aromatic N) is 1. The van der Waals surface area contributed by atoms with Crippen molar-refractivity contribution in [2.45, 2.75) is 26.7 Å². The van der Waals surface area contributed by atoms with Crippen LogP contribution in [-0.4, -0.2) is 15.9 Å². The van der Waals surface area contributed by atoms with Crippen LogP contribution in [0, 0.1) is 6.92 Å². The number of nitrogens with two attached hydrogens (primary N) is 1. The maximum Gasteiger partial charge on any atom is 0.264 e. The molecule has 0 saturated heterocycles. The van der Waals surface area contributed by atoms with Crippen molar-refractivity contribution in [1.29, 1.82) is 0 Å². The van der Waals surface area contributed by atoms with Gasteiger partial charge < -0.3 is 10.7 Å². The van der Waals surface area contributed by atoms with E-state index in [1.165, 1.54) is 0 Å². The number of aromatic amines is 1. The van der Waals surface area contributed by atoms with Crippen molar-refractivity contribution in [3.8, 4) is 0 Å². The SMILES string of the molecule is Cc1nc(C(C)C)[nH]c(=O)c1C(N)=O. The molecule has 1 heterocycles. The minimum Gasteiger partial charge on any atom is -0.365 e. The van der Waals surface area contributed by atoms with Crippen molar-refractivity contribution in [3.63, 3.8) is 0 Å². The Kier molecular flexibility index (Phi) is 2.69. The van der Waals surface area contributed by atoms with Crippen LogP contribution in [0.1, 0.15) is 41.6 Å². The molecule has 1 amide bonds. The molecule has 1 aromatic heterocycles. The van der Waals surface area contributed by atoms with E-state index in [2.05, 4.69) is 9.97 Å². The normalized spacial score (nSPS) is 10.6. The van der Waals surface area contributed by atoms with Crippen LogP contribution in [0.25, 0.3) is 0 Å². The summed E-state index contributed by atoms with van der Waals surface area (Å²) >= 11 is 0. The number of H-pyrrole nitrogens is 1. The number of hydrogen-bond acceptors (Lipinski definition) is 3. The van der Waals surface area contributed by atoms with Gasteiger partial charge in [0.05, 0.1) is 5.69 Å². The first kappa shape index (κ1) is 10.4. The zero-order chi connectivity index (χ0) is 10.9. The third-order valence-electron chi connectivity index (χ3n) is 1.91. The van der Waals surface area contributed by atoms with Crippen LogP contribution < -0.4 is 11.3 Å². The molecule has 14 heavy (non-hydrogen) atoms. The second-order valence-electron chi connectivity index (χ2n) is 3.43. The van der Waals surface area contributed by atoms with Gasteiger partial charge in [0.2, 0.25) is 0 Å². The Morgan fingerprint density at radius 2 is 2.07 bits per heavy atom. The fraction of sp³-hybridized carbons (Fsp3) is 0.444. The second-order valence-corrected chi connectivity index (χ2v) is 3.43. The molecule has 0 aliphatic heterocycles. The lowest BCUT2D eigenvalue weighted by Crippen LogP contribution is -2.27. The summed E-state index contributed by atoms with van der Waals surface area (Å²) in [6.45, 7) is 5.41. The summed E-state index contributed by atoms with van der Waals surface area (Å²) in [6, 6.07) is 0. The molecule has 5 nitrogen and oxygen atoms in total. The number of amides is 1. The number of hydrogen-bond donors (Lipinski definition) is 2. The quantitative estimate of drug-likeness (QED) is 0.711. The number of aromatic nitrogens is 2. The maximum atomic E-state index is 11.4. The number of nitrogens with one attached hydrogen (secondary N) is 1. The molecular weight excluding hydrogens is 182 g/mol. The zero-order valence-corrected chi connectivity index (χ0v) is 8.42. The summed E-state index contributed by atoms with van der Waals surface area (Å²) in [6.07, 6.45) is 0. The average molecular weight is 195 g/mol. The third kappa shape index (κ3) is 1.81. The third-order valence-corrected chi connectivity index (χ3v) is 1.91. The van der Waals surface area contributed by atoms with Crippen LogP contribution in [0.4, 0.5) is 0 Å². The van der Waals surface area contributed by atoms with Crippen LogP contribution >= 0.6 is 0 Å². The summed E-state index contributed by atoms with van der Waals surface area (Å²) in [7, 11) is 0. The summed E-state index contributed by atoms with van der Waals surface area (Å²) < 4.78 is 0. The molecule has 1 rings (SSSR count). The highest BCUT2D eigenvalue weighted by Gasteiger charge is 2.13. The molecule has 0 aliphatic rings. The fourth-order valence-corrected chi connectivity index (χ4v) is 1.17. The van der Waals surface area contributed by atoms with E-state index < -0.39 is 11.5 Å². The van der Waals surface area contributed by atoms with Gasteiger partial charge in [0, 0.05) is 5.92 Å². The molecule has 0 fully saturated rings. The standard InChI is InChI=1S/C9H13N3O2/c1-4(2)8-11-5(3)6(7(10)13)9(14)12-8/h4H,1-3H3,(H2,10,13)(H,11,12,14).